The molecule has 0 radical (unpaired) electrons. The molecule has 0 unspecified atom stereocenters. The molecule has 23 nitrogen and oxygen atoms in total. The van der Waals surface area contributed by atoms with E-state index in [9.17, 15) is 43.8 Å². The lowest BCUT2D eigenvalue weighted by Crippen LogP contribution is -2.57. The quantitative estimate of drug-likeness (QED) is 0.0316. The first-order valence-electron chi connectivity index (χ1n) is 21.4. The zero-order valence-electron chi connectivity index (χ0n) is 35.7. The highest BCUT2D eigenvalue weighted by atomic mass is 16.7. The number of nitrogens with zero attached hydrogens (tertiary/aromatic N) is 5. The van der Waals surface area contributed by atoms with Crippen LogP contribution in [0.1, 0.15) is 121 Å². The lowest BCUT2D eigenvalue weighted by atomic mass is 10.0. The molecule has 10 N–H and O–H groups in total. The zero-order valence-corrected chi connectivity index (χ0v) is 35.7. The number of aliphatic carboxylic acids is 1. The third-order valence-electron chi connectivity index (χ3n) is 9.62. The Morgan fingerprint density at radius 1 is 0.790 bits per heavy atom. The van der Waals surface area contributed by atoms with Crippen LogP contribution in [-0.2, 0) is 56.0 Å². The molecule has 0 saturated carbocycles. The molecule has 2 aromatic heterocycles. The van der Waals surface area contributed by atoms with Gasteiger partial charge in [0, 0.05) is 45.3 Å². The van der Waals surface area contributed by atoms with Crippen molar-refractivity contribution in [1.82, 2.24) is 56.9 Å². The van der Waals surface area contributed by atoms with Gasteiger partial charge in [0.15, 0.2) is 0 Å². The number of aryl methyl sites for hydroxylation is 1. The van der Waals surface area contributed by atoms with E-state index in [1.807, 2.05) is 0 Å². The number of tetrazole rings is 1. The van der Waals surface area contributed by atoms with Gasteiger partial charge in [-0.25, -0.2) is 19.9 Å². The number of unbranched alkanes of at least 4 members (excludes halogenated alkanes) is 12. The maximum Gasteiger partial charge on any atom is 0.326 e. The average molecular weight is 879 g/mol. The molecule has 6 amide bonds. The summed E-state index contributed by atoms with van der Waals surface area (Å²) in [6, 6.07) is -4.52. The van der Waals surface area contributed by atoms with Gasteiger partial charge in [-0.15, -0.1) is 5.10 Å². The van der Waals surface area contributed by atoms with E-state index in [0.717, 1.165) is 49.9 Å². The van der Waals surface area contributed by atoms with Gasteiger partial charge in [0.1, 0.15) is 30.5 Å². The van der Waals surface area contributed by atoms with Crippen molar-refractivity contribution in [3.05, 3.63) is 24.0 Å². The number of nitrogens with one attached hydrogen (secondary N) is 6. The monoisotopic (exact) mass is 878 g/mol. The van der Waals surface area contributed by atoms with Crippen molar-refractivity contribution in [3.8, 4) is 0 Å². The predicted molar refractivity (Wildman–Crippen MR) is 221 cm³/mol. The van der Waals surface area contributed by atoms with Gasteiger partial charge in [-0.2, -0.15) is 0 Å². The Morgan fingerprint density at radius 2 is 1.42 bits per heavy atom. The Balaban J connectivity index is 1.56. The molecule has 0 aromatic carbocycles. The van der Waals surface area contributed by atoms with Crippen molar-refractivity contribution in [2.24, 2.45) is 5.73 Å². The van der Waals surface area contributed by atoms with E-state index in [-0.39, 0.29) is 45.0 Å². The molecule has 23 heteroatoms. The summed E-state index contributed by atoms with van der Waals surface area (Å²) in [6.45, 7) is -0.0382. The van der Waals surface area contributed by atoms with Gasteiger partial charge < -0.3 is 46.9 Å². The molecule has 0 aliphatic carbocycles. The SMILES string of the molecule is CC(=O)N(CC(=O)N[C@@H](CO)C(=O)N[C@@H](CCC(N)=O)C(=O)N[C@@H](Cc1c[nH]cn1)C(=O)O)OCCOCCNC(=O)CCCCCCCCCCCCCCCc1nnn[nH]1. The van der Waals surface area contributed by atoms with E-state index < -0.39 is 66.8 Å². The standard InChI is InChI=1S/C39H66N12O11/c1-28(53)51(25-36(56)44-32(26-52)38(58)45-30(17-18-33(40)54)37(57)46-31(39(59)60)23-29-24-41-27-43-29)62-22-21-61-20-19-42-35(55)16-14-12-10-8-6-4-2-3-5-7-9-11-13-15-34-47-49-50-48-34/h24,27,30-32,52H,2-23,25-26H2,1H3,(H2,40,54)(H,41,43)(H,42,55)(H,44,56)(H,45,58)(H,46,57)(H,59,60)(H,47,48,49,50)/t30-,31-,32-/m0/s1. The highest BCUT2D eigenvalue weighted by Crippen LogP contribution is 2.13. The Bertz CT molecular complexity index is 1600. The fraction of sp³-hybridized carbons (Fsp3) is 0.718. The number of aromatic nitrogens is 6. The number of aromatic amines is 2. The number of carboxylic acid groups (broad SMARTS) is 1. The first kappa shape index (κ1) is 52.6. The van der Waals surface area contributed by atoms with Crippen LogP contribution in [0.4, 0.5) is 0 Å². The third kappa shape index (κ3) is 24.6. The second-order valence-corrected chi connectivity index (χ2v) is 14.8. The van der Waals surface area contributed by atoms with Gasteiger partial charge in [0.2, 0.25) is 35.4 Å². The fourth-order valence-corrected chi connectivity index (χ4v) is 6.19. The number of carbonyl (C=O) groups excluding carboxylic acids is 6. The van der Waals surface area contributed by atoms with E-state index in [4.69, 9.17) is 15.3 Å². The van der Waals surface area contributed by atoms with Crippen molar-refractivity contribution in [2.45, 2.75) is 141 Å². The molecule has 3 atom stereocenters. The summed E-state index contributed by atoms with van der Waals surface area (Å²) in [5.74, 6) is -4.92. The molecule has 2 heterocycles. The average Bonchev–Trinajstić information content (AvgIpc) is 3.96. The first-order valence-corrected chi connectivity index (χ1v) is 21.4. The van der Waals surface area contributed by atoms with Gasteiger partial charge in [0.05, 0.1) is 38.4 Å². The highest BCUT2D eigenvalue weighted by Gasteiger charge is 2.30. The zero-order chi connectivity index (χ0) is 45.4. The molecule has 62 heavy (non-hydrogen) atoms. The van der Waals surface area contributed by atoms with Crippen LogP contribution in [-0.4, -0.2) is 145 Å². The second kappa shape index (κ2) is 32.2. The second-order valence-electron chi connectivity index (χ2n) is 14.8. The molecule has 0 bridgehead atoms. The summed E-state index contributed by atoms with van der Waals surface area (Å²) >= 11 is 0. The predicted octanol–water partition coefficient (Wildman–Crippen LogP) is -0.121. The molecule has 2 rings (SSSR count). The number of carboxylic acids is 1. The van der Waals surface area contributed by atoms with Crippen LogP contribution in [0.2, 0.25) is 0 Å². The molecule has 0 aliphatic rings. The molecular weight excluding hydrogens is 813 g/mol. The summed E-state index contributed by atoms with van der Waals surface area (Å²) in [6.07, 6.45) is 18.5. The molecular formula is C39H66N12O11. The Kier molecular flexibility index (Phi) is 27.3. The highest BCUT2D eigenvalue weighted by molar-refractivity contribution is 5.94. The van der Waals surface area contributed by atoms with Crippen LogP contribution in [0.25, 0.3) is 0 Å². The van der Waals surface area contributed by atoms with Crippen molar-refractivity contribution in [1.29, 1.82) is 0 Å². The number of ether oxygens (including phenoxy) is 1. The maximum atomic E-state index is 13.0. The van der Waals surface area contributed by atoms with E-state index in [1.165, 1.54) is 70.3 Å². The Morgan fingerprint density at radius 3 is 1.98 bits per heavy atom. The number of rotatable bonds is 37. The lowest BCUT2D eigenvalue weighted by molar-refractivity contribution is -0.190. The fourth-order valence-electron chi connectivity index (χ4n) is 6.19. The molecule has 0 fully saturated rings. The largest absolute Gasteiger partial charge is 0.480 e. The Hall–Kier alpha value is -5.55. The van der Waals surface area contributed by atoms with Crippen molar-refractivity contribution in [2.75, 3.05) is 39.5 Å². The van der Waals surface area contributed by atoms with E-state index in [0.29, 0.717) is 18.7 Å². The van der Waals surface area contributed by atoms with Gasteiger partial charge in [0.25, 0.3) is 0 Å². The third-order valence-corrected chi connectivity index (χ3v) is 9.62. The minimum absolute atomic E-state index is 0.0335. The molecule has 2 aromatic rings. The van der Waals surface area contributed by atoms with E-state index in [1.54, 1.807) is 0 Å². The number of amides is 6. The van der Waals surface area contributed by atoms with Gasteiger partial charge in [-0.1, -0.05) is 70.6 Å². The summed E-state index contributed by atoms with van der Waals surface area (Å²) in [7, 11) is 0. The van der Waals surface area contributed by atoms with Crippen LogP contribution < -0.4 is 27.0 Å². The summed E-state index contributed by atoms with van der Waals surface area (Å²) in [5.41, 5.74) is 5.55. The minimum atomic E-state index is -1.61. The van der Waals surface area contributed by atoms with Crippen LogP contribution in [0.5, 0.6) is 0 Å². The van der Waals surface area contributed by atoms with E-state index in [2.05, 4.69) is 51.9 Å². The first-order chi connectivity index (χ1) is 29.9. The van der Waals surface area contributed by atoms with Crippen LogP contribution >= 0.6 is 0 Å². The summed E-state index contributed by atoms with van der Waals surface area (Å²) in [4.78, 5) is 98.3. The number of nitrogens with two attached hydrogens (primary N) is 1. The number of imidazole rings is 1. The van der Waals surface area contributed by atoms with E-state index >= 15 is 0 Å². The smallest absolute Gasteiger partial charge is 0.326 e. The van der Waals surface area contributed by atoms with Crippen LogP contribution in [0.3, 0.4) is 0 Å². The summed E-state index contributed by atoms with van der Waals surface area (Å²) in [5, 5.41) is 43.7. The number of aliphatic hydroxyl groups is 1. The minimum Gasteiger partial charge on any atom is -0.480 e. The number of hydrogen-bond donors (Lipinski definition) is 9. The topological polar surface area (TPSA) is 339 Å². The number of hydrogen-bond acceptors (Lipinski definition) is 14. The molecule has 348 valence electrons. The molecule has 0 spiro atoms. The molecule has 0 aliphatic heterocycles. The Labute approximate surface area is 361 Å². The van der Waals surface area contributed by atoms with Crippen molar-refractivity contribution in [3.63, 3.8) is 0 Å². The number of H-pyrrole nitrogens is 2. The van der Waals surface area contributed by atoms with Crippen molar-refractivity contribution < 1.29 is 53.3 Å². The van der Waals surface area contributed by atoms with Gasteiger partial charge >= 0.3 is 5.97 Å². The number of hydroxylamine groups is 2. The number of aliphatic hydroxyl groups excluding tert-OH is 1. The number of carbonyl (C=O) groups is 7. The van der Waals surface area contributed by atoms with Gasteiger partial charge in [-0.3, -0.25) is 33.6 Å². The number of primary amides is 1. The maximum absolute atomic E-state index is 13.0. The lowest BCUT2D eigenvalue weighted by Gasteiger charge is -2.24. The normalized spacial score (nSPS) is 12.5. The van der Waals surface area contributed by atoms with Gasteiger partial charge in [-0.05, 0) is 29.7 Å². The van der Waals surface area contributed by atoms with Crippen LogP contribution in [0.15, 0.2) is 12.5 Å². The van der Waals surface area contributed by atoms with Crippen LogP contribution in [0, 0.1) is 0 Å². The molecule has 0 saturated heterocycles. The summed E-state index contributed by atoms with van der Waals surface area (Å²) < 4.78 is 5.46. The van der Waals surface area contributed by atoms with Crippen molar-refractivity contribution >= 4 is 41.4 Å².